The van der Waals surface area contributed by atoms with Crippen LogP contribution >= 0.6 is 0 Å². The molecule has 0 unspecified atom stereocenters. The zero-order chi connectivity index (χ0) is 20.8. The van der Waals surface area contributed by atoms with Gasteiger partial charge in [-0.15, -0.1) is 0 Å². The van der Waals surface area contributed by atoms with Gasteiger partial charge in [0.1, 0.15) is 5.54 Å². The minimum atomic E-state index is -3.97. The summed E-state index contributed by atoms with van der Waals surface area (Å²) in [6.07, 6.45) is 0.907. The van der Waals surface area contributed by atoms with E-state index >= 15 is 0 Å². The number of nitrogens with zero attached hydrogens (tertiary/aromatic N) is 2. The molecule has 0 radical (unpaired) electrons. The van der Waals surface area contributed by atoms with Gasteiger partial charge in [0, 0.05) is 26.2 Å². The summed E-state index contributed by atoms with van der Waals surface area (Å²) in [5.74, 6) is -2.52. The van der Waals surface area contributed by atoms with Crippen LogP contribution in [0.5, 0.6) is 0 Å². The van der Waals surface area contributed by atoms with Crippen LogP contribution in [0.1, 0.15) is 11.1 Å². The molecule has 0 aromatic heterocycles. The van der Waals surface area contributed by atoms with Crippen LogP contribution in [0, 0.1) is 11.6 Å². The highest BCUT2D eigenvalue weighted by molar-refractivity contribution is 7.89. The summed E-state index contributed by atoms with van der Waals surface area (Å²) in [5, 5.41) is 0. The predicted molar refractivity (Wildman–Crippen MR) is 102 cm³/mol. The molecular formula is C20H21F2N3O3S. The fraction of sp³-hybridized carbons (Fsp3) is 0.350. The Morgan fingerprint density at radius 3 is 2.07 bits per heavy atom. The second kappa shape index (κ2) is 7.16. The van der Waals surface area contributed by atoms with Crippen molar-refractivity contribution in [3.05, 3.63) is 65.2 Å². The van der Waals surface area contributed by atoms with Crippen molar-refractivity contribution < 1.29 is 22.0 Å². The number of halogens is 2. The highest BCUT2D eigenvalue weighted by Gasteiger charge is 2.43. The summed E-state index contributed by atoms with van der Waals surface area (Å²) in [6, 6.07) is 10.3. The first-order valence-electron chi connectivity index (χ1n) is 9.31. The summed E-state index contributed by atoms with van der Waals surface area (Å²) >= 11 is 0. The first-order valence-corrected chi connectivity index (χ1v) is 10.7. The summed E-state index contributed by atoms with van der Waals surface area (Å²) in [4.78, 5) is 14.3. The van der Waals surface area contributed by atoms with Gasteiger partial charge in [-0.1, -0.05) is 24.3 Å². The molecule has 1 fully saturated rings. The van der Waals surface area contributed by atoms with E-state index in [0.29, 0.717) is 18.9 Å². The van der Waals surface area contributed by atoms with Gasteiger partial charge in [0.05, 0.1) is 4.90 Å². The third-order valence-electron chi connectivity index (χ3n) is 5.61. The molecular weight excluding hydrogens is 400 g/mol. The molecule has 154 valence electrons. The zero-order valence-electron chi connectivity index (χ0n) is 15.6. The second-order valence-electron chi connectivity index (χ2n) is 7.55. The lowest BCUT2D eigenvalue weighted by atomic mass is 9.95. The Bertz CT molecular complexity index is 1040. The number of carbonyl (C=O) groups is 1. The SMILES string of the molecule is NC1(C(=O)N2CCN(S(=O)(=O)c3ccc(F)c(F)c3)CC2)Cc2ccccc2C1. The topological polar surface area (TPSA) is 83.7 Å². The zero-order valence-corrected chi connectivity index (χ0v) is 16.5. The van der Waals surface area contributed by atoms with Crippen molar-refractivity contribution in [2.24, 2.45) is 5.73 Å². The third-order valence-corrected chi connectivity index (χ3v) is 7.51. The van der Waals surface area contributed by atoms with Gasteiger partial charge in [-0.3, -0.25) is 4.79 Å². The second-order valence-corrected chi connectivity index (χ2v) is 9.49. The van der Waals surface area contributed by atoms with Gasteiger partial charge in [-0.2, -0.15) is 4.31 Å². The Balaban J connectivity index is 1.44. The number of piperazine rings is 1. The first kappa shape index (κ1) is 19.9. The number of amides is 1. The third kappa shape index (κ3) is 3.54. The molecule has 2 aromatic carbocycles. The number of rotatable bonds is 3. The van der Waals surface area contributed by atoms with E-state index in [-0.39, 0.29) is 37.0 Å². The van der Waals surface area contributed by atoms with Crippen LogP contribution in [0.4, 0.5) is 8.78 Å². The van der Waals surface area contributed by atoms with Crippen molar-refractivity contribution in [1.82, 2.24) is 9.21 Å². The quantitative estimate of drug-likeness (QED) is 0.810. The van der Waals surface area contributed by atoms with E-state index in [1.807, 2.05) is 24.3 Å². The molecule has 0 spiro atoms. The Hall–Kier alpha value is -2.36. The summed E-state index contributed by atoms with van der Waals surface area (Å²) in [7, 11) is -3.97. The van der Waals surface area contributed by atoms with Crippen LogP contribution < -0.4 is 5.73 Å². The van der Waals surface area contributed by atoms with E-state index in [0.717, 1.165) is 23.3 Å². The van der Waals surface area contributed by atoms with Gasteiger partial charge >= 0.3 is 0 Å². The summed E-state index contributed by atoms with van der Waals surface area (Å²) in [6.45, 7) is 0.514. The molecule has 1 saturated heterocycles. The smallest absolute Gasteiger partial charge is 0.243 e. The van der Waals surface area contributed by atoms with Crippen molar-refractivity contribution in [3.8, 4) is 0 Å². The molecule has 2 aromatic rings. The van der Waals surface area contributed by atoms with Gasteiger partial charge in [0.2, 0.25) is 15.9 Å². The number of sulfonamides is 1. The maximum absolute atomic E-state index is 13.4. The number of hydrogen-bond acceptors (Lipinski definition) is 4. The molecule has 4 rings (SSSR count). The number of carbonyl (C=O) groups excluding carboxylic acids is 1. The van der Waals surface area contributed by atoms with E-state index < -0.39 is 27.2 Å². The van der Waals surface area contributed by atoms with Crippen molar-refractivity contribution >= 4 is 15.9 Å². The Morgan fingerprint density at radius 1 is 0.931 bits per heavy atom. The molecule has 1 aliphatic carbocycles. The van der Waals surface area contributed by atoms with Crippen LogP contribution in [0.15, 0.2) is 47.4 Å². The van der Waals surface area contributed by atoms with E-state index in [1.54, 1.807) is 4.90 Å². The molecule has 9 heteroatoms. The lowest BCUT2D eigenvalue weighted by Crippen LogP contribution is -2.60. The molecule has 29 heavy (non-hydrogen) atoms. The molecule has 0 atom stereocenters. The molecule has 2 aliphatic rings. The van der Waals surface area contributed by atoms with Crippen molar-refractivity contribution in [3.63, 3.8) is 0 Å². The van der Waals surface area contributed by atoms with Crippen molar-refractivity contribution in [2.75, 3.05) is 26.2 Å². The standard InChI is InChI=1S/C20H21F2N3O3S/c21-17-6-5-16(11-18(17)22)29(27,28)25-9-7-24(8-10-25)19(26)20(23)12-14-3-1-2-4-15(14)13-20/h1-6,11H,7-10,12-13,23H2. The average Bonchev–Trinajstić information content (AvgIpc) is 3.07. The average molecular weight is 421 g/mol. The fourth-order valence-electron chi connectivity index (χ4n) is 4.03. The Kier molecular flexibility index (Phi) is 4.92. The van der Waals surface area contributed by atoms with Crippen LogP contribution in [-0.2, 0) is 27.7 Å². The Morgan fingerprint density at radius 2 is 1.52 bits per heavy atom. The monoisotopic (exact) mass is 421 g/mol. The van der Waals surface area contributed by atoms with E-state index in [1.165, 1.54) is 4.31 Å². The molecule has 6 nitrogen and oxygen atoms in total. The van der Waals surface area contributed by atoms with Crippen LogP contribution in [0.25, 0.3) is 0 Å². The largest absolute Gasteiger partial charge is 0.338 e. The minimum absolute atomic E-state index is 0.0656. The number of fused-ring (bicyclic) bond motifs is 1. The predicted octanol–water partition coefficient (Wildman–Crippen LogP) is 1.29. The molecule has 2 N–H and O–H groups in total. The van der Waals surface area contributed by atoms with Crippen LogP contribution in [0.3, 0.4) is 0 Å². The molecule has 1 heterocycles. The number of benzene rings is 2. The highest BCUT2D eigenvalue weighted by atomic mass is 32.2. The molecule has 0 saturated carbocycles. The lowest BCUT2D eigenvalue weighted by molar-refractivity contribution is -0.137. The van der Waals surface area contributed by atoms with Crippen molar-refractivity contribution in [2.45, 2.75) is 23.3 Å². The molecule has 0 bridgehead atoms. The summed E-state index contributed by atoms with van der Waals surface area (Å²) < 4.78 is 53.1. The van der Waals surface area contributed by atoms with E-state index in [9.17, 15) is 22.0 Å². The number of hydrogen-bond donors (Lipinski definition) is 1. The van der Waals surface area contributed by atoms with Gasteiger partial charge in [0.25, 0.3) is 0 Å². The van der Waals surface area contributed by atoms with Gasteiger partial charge in [-0.05, 0) is 42.2 Å². The number of nitrogens with two attached hydrogens (primary N) is 1. The van der Waals surface area contributed by atoms with E-state index in [4.69, 9.17) is 5.73 Å². The lowest BCUT2D eigenvalue weighted by Gasteiger charge is -2.37. The van der Waals surface area contributed by atoms with Crippen LogP contribution in [0.2, 0.25) is 0 Å². The first-order chi connectivity index (χ1) is 13.7. The van der Waals surface area contributed by atoms with E-state index in [2.05, 4.69) is 0 Å². The maximum atomic E-state index is 13.4. The van der Waals surface area contributed by atoms with Gasteiger partial charge < -0.3 is 10.6 Å². The fourth-order valence-corrected chi connectivity index (χ4v) is 5.46. The minimum Gasteiger partial charge on any atom is -0.338 e. The van der Waals surface area contributed by atoms with Crippen LogP contribution in [-0.4, -0.2) is 55.2 Å². The van der Waals surface area contributed by atoms with Crippen molar-refractivity contribution in [1.29, 1.82) is 0 Å². The van der Waals surface area contributed by atoms with Gasteiger partial charge in [0.15, 0.2) is 11.6 Å². The molecule has 1 aliphatic heterocycles. The van der Waals surface area contributed by atoms with Gasteiger partial charge in [-0.25, -0.2) is 17.2 Å². The Labute approximate surface area is 168 Å². The summed E-state index contributed by atoms with van der Waals surface area (Å²) in [5.41, 5.74) is 7.52. The highest BCUT2D eigenvalue weighted by Crippen LogP contribution is 2.30. The molecule has 1 amide bonds. The maximum Gasteiger partial charge on any atom is 0.243 e. The normalized spacial score (nSPS) is 19.2.